The summed E-state index contributed by atoms with van der Waals surface area (Å²) < 4.78 is 2.00. The van der Waals surface area contributed by atoms with Crippen molar-refractivity contribution in [3.05, 3.63) is 41.1 Å². The van der Waals surface area contributed by atoms with Gasteiger partial charge in [-0.1, -0.05) is 25.3 Å². The predicted molar refractivity (Wildman–Crippen MR) is 88.9 cm³/mol. The van der Waals surface area contributed by atoms with Crippen molar-refractivity contribution in [2.45, 2.75) is 57.0 Å². The summed E-state index contributed by atoms with van der Waals surface area (Å²) in [4.78, 5) is 18.3. The van der Waals surface area contributed by atoms with E-state index in [2.05, 4.69) is 34.7 Å². The zero-order valence-electron chi connectivity index (χ0n) is 13.0. The minimum Gasteiger partial charge on any atom is -0.351 e. The minimum atomic E-state index is -0.310. The van der Waals surface area contributed by atoms with E-state index >= 15 is 0 Å². The molecule has 0 aromatic carbocycles. The molecule has 2 heterocycles. The molecule has 0 bridgehead atoms. The molecule has 22 heavy (non-hydrogen) atoms. The van der Waals surface area contributed by atoms with Gasteiger partial charge in [0.2, 0.25) is 5.91 Å². The summed E-state index contributed by atoms with van der Waals surface area (Å²) in [5, 5.41) is 5.31. The molecule has 3 rings (SSSR count). The summed E-state index contributed by atoms with van der Waals surface area (Å²) in [6.07, 6.45) is 10.9. The van der Waals surface area contributed by atoms with Gasteiger partial charge in [0.1, 0.15) is 0 Å². The van der Waals surface area contributed by atoms with Crippen molar-refractivity contribution in [3.8, 4) is 0 Å². The molecule has 1 unspecified atom stereocenters. The smallest absolute Gasteiger partial charge is 0.231 e. The largest absolute Gasteiger partial charge is 0.351 e. The molecule has 0 aliphatic heterocycles. The Morgan fingerprint density at radius 3 is 2.91 bits per heavy atom. The van der Waals surface area contributed by atoms with E-state index < -0.39 is 0 Å². The van der Waals surface area contributed by atoms with E-state index in [0.29, 0.717) is 0 Å². The second-order valence-corrected chi connectivity index (χ2v) is 7.20. The zero-order valence-corrected chi connectivity index (χ0v) is 13.8. The lowest BCUT2D eigenvalue weighted by Gasteiger charge is -2.36. The highest BCUT2D eigenvalue weighted by atomic mass is 32.1. The summed E-state index contributed by atoms with van der Waals surface area (Å²) >= 11 is 1.71. The third-order valence-corrected chi connectivity index (χ3v) is 5.63. The molecule has 1 saturated carbocycles. The first-order chi connectivity index (χ1) is 10.7. The van der Waals surface area contributed by atoms with Crippen LogP contribution in [0.3, 0.4) is 0 Å². The van der Waals surface area contributed by atoms with Gasteiger partial charge in [0, 0.05) is 29.9 Å². The molecule has 1 atom stereocenters. The zero-order chi connectivity index (χ0) is 15.4. The van der Waals surface area contributed by atoms with E-state index in [1.807, 2.05) is 10.8 Å². The maximum atomic E-state index is 13.0. The molecule has 1 fully saturated rings. The lowest BCUT2D eigenvalue weighted by molar-refractivity contribution is -0.128. The van der Waals surface area contributed by atoms with Gasteiger partial charge < -0.3 is 9.88 Å². The fourth-order valence-electron chi connectivity index (χ4n) is 3.41. The van der Waals surface area contributed by atoms with Crippen LogP contribution >= 0.6 is 11.3 Å². The third kappa shape index (κ3) is 3.09. The van der Waals surface area contributed by atoms with Crippen LogP contribution in [-0.4, -0.2) is 21.5 Å². The number of carbonyl (C=O) groups excluding carboxylic acids is 1. The van der Waals surface area contributed by atoms with Crippen molar-refractivity contribution in [1.82, 2.24) is 14.9 Å². The van der Waals surface area contributed by atoms with Crippen molar-refractivity contribution >= 4 is 17.2 Å². The molecule has 2 aromatic rings. The van der Waals surface area contributed by atoms with Gasteiger partial charge >= 0.3 is 0 Å². The van der Waals surface area contributed by atoms with Crippen LogP contribution in [0.2, 0.25) is 0 Å². The quantitative estimate of drug-likeness (QED) is 0.919. The van der Waals surface area contributed by atoms with Crippen LogP contribution in [-0.2, 0) is 16.8 Å². The maximum absolute atomic E-state index is 13.0. The Labute approximate surface area is 135 Å². The monoisotopic (exact) mass is 317 g/mol. The van der Waals surface area contributed by atoms with E-state index in [4.69, 9.17) is 0 Å². The van der Waals surface area contributed by atoms with Crippen LogP contribution in [0.25, 0.3) is 0 Å². The van der Waals surface area contributed by atoms with Gasteiger partial charge in [0.05, 0.1) is 11.7 Å². The van der Waals surface area contributed by atoms with Crippen molar-refractivity contribution in [1.29, 1.82) is 0 Å². The van der Waals surface area contributed by atoms with E-state index in [1.165, 1.54) is 11.3 Å². The van der Waals surface area contributed by atoms with Crippen LogP contribution in [0.15, 0.2) is 36.2 Å². The van der Waals surface area contributed by atoms with Crippen molar-refractivity contribution in [3.63, 3.8) is 0 Å². The van der Waals surface area contributed by atoms with E-state index in [1.54, 1.807) is 23.9 Å². The van der Waals surface area contributed by atoms with Gasteiger partial charge in [0.15, 0.2) is 0 Å². The second kappa shape index (κ2) is 6.65. The Bertz CT molecular complexity index is 585. The molecule has 0 radical (unpaired) electrons. The molecule has 4 nitrogen and oxygen atoms in total. The molecule has 118 valence electrons. The van der Waals surface area contributed by atoms with Crippen LogP contribution < -0.4 is 5.32 Å². The summed E-state index contributed by atoms with van der Waals surface area (Å²) in [7, 11) is 0. The average molecular weight is 317 g/mol. The van der Waals surface area contributed by atoms with Gasteiger partial charge in [-0.05, 0) is 31.2 Å². The first-order valence-electron chi connectivity index (χ1n) is 8.01. The third-order valence-electron chi connectivity index (χ3n) is 4.56. The van der Waals surface area contributed by atoms with Crippen LogP contribution in [0, 0.1) is 0 Å². The molecule has 5 heteroatoms. The number of thiophene rings is 1. The van der Waals surface area contributed by atoms with Crippen molar-refractivity contribution in [2.24, 2.45) is 0 Å². The van der Waals surface area contributed by atoms with Crippen LogP contribution in [0.1, 0.15) is 43.9 Å². The normalized spacial score (nSPS) is 18.8. The number of rotatable bonds is 5. The Balaban J connectivity index is 1.72. The Hall–Kier alpha value is -1.62. The Kier molecular flexibility index (Phi) is 4.62. The molecule has 1 amide bonds. The van der Waals surface area contributed by atoms with Crippen molar-refractivity contribution in [2.75, 3.05) is 0 Å². The summed E-state index contributed by atoms with van der Waals surface area (Å²) in [5.41, 5.74) is -0.310. The molecule has 2 aromatic heterocycles. The molecule has 1 aliphatic rings. The SMILES string of the molecule is CC(Cn1ccnc1)NC(=O)C1(c2cccs2)CCCCC1. The predicted octanol–water partition coefficient (Wildman–Crippen LogP) is 3.35. The number of nitrogens with zero attached hydrogens (tertiary/aromatic N) is 2. The topological polar surface area (TPSA) is 46.9 Å². The fraction of sp³-hybridized carbons (Fsp3) is 0.529. The molecule has 0 saturated heterocycles. The molecular weight excluding hydrogens is 294 g/mol. The molecular formula is C17H23N3OS. The molecule has 1 N–H and O–H groups in total. The van der Waals surface area contributed by atoms with Gasteiger partial charge in [-0.25, -0.2) is 4.98 Å². The molecule has 0 spiro atoms. The van der Waals surface area contributed by atoms with E-state index in [9.17, 15) is 4.79 Å². The number of nitrogens with one attached hydrogen (secondary N) is 1. The summed E-state index contributed by atoms with van der Waals surface area (Å²) in [5.74, 6) is 0.197. The second-order valence-electron chi connectivity index (χ2n) is 6.25. The van der Waals surface area contributed by atoms with Gasteiger partial charge in [-0.15, -0.1) is 11.3 Å². The van der Waals surface area contributed by atoms with Gasteiger partial charge in [-0.2, -0.15) is 0 Å². The first kappa shape index (κ1) is 15.3. The lowest BCUT2D eigenvalue weighted by atomic mass is 9.72. The number of imidazole rings is 1. The number of carbonyl (C=O) groups is 1. The Morgan fingerprint density at radius 2 is 2.27 bits per heavy atom. The fourth-order valence-corrected chi connectivity index (χ4v) is 4.39. The number of aromatic nitrogens is 2. The lowest BCUT2D eigenvalue weighted by Crippen LogP contribution is -2.49. The number of hydrogen-bond donors (Lipinski definition) is 1. The number of hydrogen-bond acceptors (Lipinski definition) is 3. The highest BCUT2D eigenvalue weighted by molar-refractivity contribution is 7.10. The van der Waals surface area contributed by atoms with Gasteiger partial charge in [0.25, 0.3) is 0 Å². The highest BCUT2D eigenvalue weighted by Gasteiger charge is 2.42. The number of amides is 1. The highest BCUT2D eigenvalue weighted by Crippen LogP contribution is 2.41. The minimum absolute atomic E-state index is 0.0977. The average Bonchev–Trinajstić information content (AvgIpc) is 3.21. The maximum Gasteiger partial charge on any atom is 0.231 e. The van der Waals surface area contributed by atoms with Gasteiger partial charge in [-0.3, -0.25) is 4.79 Å². The van der Waals surface area contributed by atoms with Crippen LogP contribution in [0.5, 0.6) is 0 Å². The summed E-state index contributed by atoms with van der Waals surface area (Å²) in [6.45, 7) is 2.81. The molecule has 1 aliphatic carbocycles. The van der Waals surface area contributed by atoms with E-state index in [0.717, 1.165) is 32.2 Å². The van der Waals surface area contributed by atoms with E-state index in [-0.39, 0.29) is 17.4 Å². The standard InChI is InChI=1S/C17H23N3OS/c1-14(12-20-10-9-18-13-20)19-16(21)17(7-3-2-4-8-17)15-6-5-11-22-15/h5-6,9-11,13-14H,2-4,7-8,12H2,1H3,(H,19,21). The van der Waals surface area contributed by atoms with Crippen molar-refractivity contribution < 1.29 is 4.79 Å². The first-order valence-corrected chi connectivity index (χ1v) is 8.89. The van der Waals surface area contributed by atoms with Crippen LogP contribution in [0.4, 0.5) is 0 Å². The summed E-state index contributed by atoms with van der Waals surface area (Å²) in [6, 6.07) is 4.27. The Morgan fingerprint density at radius 1 is 1.45 bits per heavy atom.